The molecule has 0 saturated heterocycles. The topological polar surface area (TPSA) is 81.1 Å². The van der Waals surface area contributed by atoms with E-state index < -0.39 is 0 Å². The van der Waals surface area contributed by atoms with Crippen LogP contribution in [0.15, 0.2) is 65.3 Å². The molecule has 0 radical (unpaired) electrons. The van der Waals surface area contributed by atoms with Crippen LogP contribution in [-0.4, -0.2) is 10.9 Å². The average molecular weight is 398 g/mol. The maximum absolute atomic E-state index is 12.8. The summed E-state index contributed by atoms with van der Waals surface area (Å²) < 4.78 is 5.44. The van der Waals surface area contributed by atoms with Gasteiger partial charge in [-0.15, -0.1) is 0 Å². The number of carbonyl (C=O) groups is 1. The maximum atomic E-state index is 12.8. The number of hydrogen-bond acceptors (Lipinski definition) is 4. The lowest BCUT2D eigenvalue weighted by Gasteiger charge is -2.19. The van der Waals surface area contributed by atoms with E-state index in [-0.39, 0.29) is 23.7 Å². The number of nitrogens with zero attached hydrogens (tertiary/aromatic N) is 1. The molecular weight excluding hydrogens is 374 g/mol. The Morgan fingerprint density at radius 2 is 1.75 bits per heavy atom. The lowest BCUT2D eigenvalue weighted by atomic mass is 9.98. The number of nitrogens with two attached hydrogens (primary N) is 1. The van der Waals surface area contributed by atoms with Crippen molar-refractivity contribution in [1.29, 1.82) is 0 Å². The molecule has 0 spiro atoms. The minimum Gasteiger partial charge on any atom is -0.446 e. The molecule has 0 aliphatic carbocycles. The predicted molar refractivity (Wildman–Crippen MR) is 110 cm³/mol. The van der Waals surface area contributed by atoms with E-state index in [0.717, 1.165) is 17.5 Å². The summed E-state index contributed by atoms with van der Waals surface area (Å²) in [6, 6.07) is 16.5. The second kappa shape index (κ2) is 9.04. The van der Waals surface area contributed by atoms with Crippen molar-refractivity contribution >= 4 is 17.5 Å². The van der Waals surface area contributed by atoms with Gasteiger partial charge in [-0.2, -0.15) is 0 Å². The van der Waals surface area contributed by atoms with Crippen LogP contribution in [-0.2, 0) is 0 Å². The number of oxazole rings is 1. The summed E-state index contributed by atoms with van der Waals surface area (Å²) in [5.74, 6) is 0.462. The number of amides is 1. The summed E-state index contributed by atoms with van der Waals surface area (Å²) in [5.41, 5.74) is 8.20. The first-order valence-corrected chi connectivity index (χ1v) is 9.64. The number of hydrogen-bond donors (Lipinski definition) is 2. The Morgan fingerprint density at radius 1 is 1.11 bits per heavy atom. The van der Waals surface area contributed by atoms with Crippen LogP contribution in [0.25, 0.3) is 0 Å². The van der Waals surface area contributed by atoms with E-state index in [1.165, 1.54) is 6.26 Å². The molecule has 28 heavy (non-hydrogen) atoms. The monoisotopic (exact) mass is 397 g/mol. The number of halogens is 1. The Labute approximate surface area is 169 Å². The molecule has 1 heterocycles. The minimum atomic E-state index is -0.338. The molecule has 0 aliphatic heterocycles. The Kier molecular flexibility index (Phi) is 6.49. The molecule has 2 atom stereocenters. The fourth-order valence-electron chi connectivity index (χ4n) is 3.04. The van der Waals surface area contributed by atoms with Crippen molar-refractivity contribution in [3.8, 4) is 0 Å². The van der Waals surface area contributed by atoms with Crippen LogP contribution in [0.5, 0.6) is 0 Å². The molecule has 1 amide bonds. The van der Waals surface area contributed by atoms with Gasteiger partial charge in [-0.1, -0.05) is 67.9 Å². The van der Waals surface area contributed by atoms with Gasteiger partial charge in [-0.25, -0.2) is 4.98 Å². The van der Waals surface area contributed by atoms with E-state index >= 15 is 0 Å². The molecule has 1 aromatic heterocycles. The minimum absolute atomic E-state index is 0.212. The van der Waals surface area contributed by atoms with Crippen LogP contribution >= 0.6 is 11.6 Å². The molecule has 6 heteroatoms. The molecule has 3 aromatic rings. The SMILES string of the molecule is CC(C)CC(N)c1nc(C(=O)NC(c2ccccc2)c2ccc(Cl)cc2)co1. The zero-order chi connectivity index (χ0) is 20.1. The molecule has 0 aliphatic rings. The summed E-state index contributed by atoms with van der Waals surface area (Å²) in [4.78, 5) is 17.1. The van der Waals surface area contributed by atoms with Crippen LogP contribution in [0.1, 0.15) is 59.9 Å². The molecule has 0 saturated carbocycles. The first kappa shape index (κ1) is 20.1. The van der Waals surface area contributed by atoms with Crippen molar-refractivity contribution in [3.63, 3.8) is 0 Å². The molecule has 3 rings (SSSR count). The predicted octanol–water partition coefficient (Wildman–Crippen LogP) is 4.89. The Morgan fingerprint density at radius 3 is 2.39 bits per heavy atom. The summed E-state index contributed by atoms with van der Waals surface area (Å²) in [6.07, 6.45) is 2.09. The van der Waals surface area contributed by atoms with Crippen molar-refractivity contribution in [2.45, 2.75) is 32.4 Å². The van der Waals surface area contributed by atoms with Gasteiger partial charge in [-0.05, 0) is 35.6 Å². The first-order chi connectivity index (χ1) is 13.4. The molecule has 146 valence electrons. The molecule has 5 nitrogen and oxygen atoms in total. The highest BCUT2D eigenvalue weighted by Crippen LogP contribution is 2.24. The number of carbonyl (C=O) groups excluding carboxylic acids is 1. The summed E-state index contributed by atoms with van der Waals surface area (Å²) in [7, 11) is 0. The zero-order valence-electron chi connectivity index (χ0n) is 15.9. The van der Waals surface area contributed by atoms with E-state index in [4.69, 9.17) is 21.8 Å². The van der Waals surface area contributed by atoms with Crippen molar-refractivity contribution in [2.75, 3.05) is 0 Å². The van der Waals surface area contributed by atoms with Gasteiger partial charge in [0.15, 0.2) is 5.69 Å². The molecule has 0 bridgehead atoms. The van der Waals surface area contributed by atoms with Crippen molar-refractivity contribution in [2.24, 2.45) is 11.7 Å². The summed E-state index contributed by atoms with van der Waals surface area (Å²) in [5, 5.41) is 3.67. The van der Waals surface area contributed by atoms with Crippen molar-refractivity contribution < 1.29 is 9.21 Å². The van der Waals surface area contributed by atoms with Crippen LogP contribution in [0.3, 0.4) is 0 Å². The van der Waals surface area contributed by atoms with Gasteiger partial charge in [0.05, 0.1) is 12.1 Å². The van der Waals surface area contributed by atoms with E-state index in [0.29, 0.717) is 16.8 Å². The van der Waals surface area contributed by atoms with E-state index in [1.54, 1.807) is 12.1 Å². The lowest BCUT2D eigenvalue weighted by Crippen LogP contribution is -2.29. The fraction of sp³-hybridized carbons (Fsp3) is 0.273. The van der Waals surface area contributed by atoms with Crippen molar-refractivity contribution in [1.82, 2.24) is 10.3 Å². The van der Waals surface area contributed by atoms with Gasteiger partial charge in [0.25, 0.3) is 5.91 Å². The Balaban J connectivity index is 1.82. The quantitative estimate of drug-likeness (QED) is 0.594. The number of benzene rings is 2. The Hall–Kier alpha value is -2.63. The number of aromatic nitrogens is 1. The van der Waals surface area contributed by atoms with Gasteiger partial charge in [0, 0.05) is 5.02 Å². The fourth-order valence-corrected chi connectivity index (χ4v) is 3.16. The number of nitrogens with one attached hydrogen (secondary N) is 1. The molecule has 2 aromatic carbocycles. The second-order valence-electron chi connectivity index (χ2n) is 7.18. The average Bonchev–Trinajstić information content (AvgIpc) is 3.17. The molecule has 2 unspecified atom stereocenters. The zero-order valence-corrected chi connectivity index (χ0v) is 16.7. The molecular formula is C22H24ClN3O2. The molecule has 3 N–H and O–H groups in total. The van der Waals surface area contributed by atoms with Gasteiger partial charge in [0.2, 0.25) is 5.89 Å². The normalized spacial score (nSPS) is 13.3. The first-order valence-electron chi connectivity index (χ1n) is 9.26. The van der Waals surface area contributed by atoms with Crippen LogP contribution in [0, 0.1) is 5.92 Å². The highest BCUT2D eigenvalue weighted by Gasteiger charge is 2.22. The standard InChI is InChI=1S/C22H24ClN3O2/c1-14(2)12-18(24)22-25-19(13-28-22)21(27)26-20(15-6-4-3-5-7-15)16-8-10-17(23)11-9-16/h3-11,13-14,18,20H,12,24H2,1-2H3,(H,26,27). The highest BCUT2D eigenvalue weighted by atomic mass is 35.5. The molecule has 0 fully saturated rings. The number of rotatable bonds is 7. The largest absolute Gasteiger partial charge is 0.446 e. The van der Waals surface area contributed by atoms with E-state index in [1.807, 2.05) is 42.5 Å². The summed E-state index contributed by atoms with van der Waals surface area (Å²) >= 11 is 6.01. The van der Waals surface area contributed by atoms with Crippen LogP contribution < -0.4 is 11.1 Å². The maximum Gasteiger partial charge on any atom is 0.273 e. The third kappa shape index (κ3) is 5.00. The van der Waals surface area contributed by atoms with Crippen molar-refractivity contribution in [3.05, 3.63) is 88.6 Å². The van der Waals surface area contributed by atoms with Gasteiger partial charge < -0.3 is 15.5 Å². The second-order valence-corrected chi connectivity index (χ2v) is 7.61. The van der Waals surface area contributed by atoms with Crippen LogP contribution in [0.2, 0.25) is 5.02 Å². The summed E-state index contributed by atoms with van der Waals surface area (Å²) in [6.45, 7) is 4.15. The van der Waals surface area contributed by atoms with Gasteiger partial charge in [0.1, 0.15) is 6.26 Å². The van der Waals surface area contributed by atoms with E-state index in [9.17, 15) is 4.79 Å². The van der Waals surface area contributed by atoms with Gasteiger partial charge >= 0.3 is 0 Å². The third-order valence-corrected chi connectivity index (χ3v) is 4.66. The third-order valence-electron chi connectivity index (χ3n) is 4.41. The smallest absolute Gasteiger partial charge is 0.273 e. The van der Waals surface area contributed by atoms with E-state index in [2.05, 4.69) is 24.1 Å². The van der Waals surface area contributed by atoms with Gasteiger partial charge in [-0.3, -0.25) is 4.79 Å². The van der Waals surface area contributed by atoms with Crippen LogP contribution in [0.4, 0.5) is 0 Å². The Bertz CT molecular complexity index is 907. The lowest BCUT2D eigenvalue weighted by molar-refractivity contribution is 0.0938. The highest BCUT2D eigenvalue weighted by molar-refractivity contribution is 6.30.